The number of hydrogen-bond donors (Lipinski definition) is 3. The molecule has 0 bridgehead atoms. The summed E-state index contributed by atoms with van der Waals surface area (Å²) in [4.78, 5) is 22.5. The molecule has 0 heterocycles. The van der Waals surface area contributed by atoms with Gasteiger partial charge in [0.05, 0.1) is 11.1 Å². The highest BCUT2D eigenvalue weighted by atomic mass is 19.1. The molecule has 0 saturated heterocycles. The third kappa shape index (κ3) is 5.53. The van der Waals surface area contributed by atoms with Crippen molar-refractivity contribution in [3.05, 3.63) is 65.0 Å². The number of nitrogens with two attached hydrogens (primary N) is 1. The Hall–Kier alpha value is -3.53. The zero-order valence-electron chi connectivity index (χ0n) is 13.8. The molecule has 0 atom stereocenters. The molecule has 0 aliphatic heterocycles. The number of anilines is 1. The van der Waals surface area contributed by atoms with Crippen LogP contribution in [0.15, 0.2) is 42.5 Å². The number of alkyl carbamates (subject to hydrolysis) is 1. The highest BCUT2D eigenvalue weighted by Crippen LogP contribution is 2.17. The summed E-state index contributed by atoms with van der Waals surface area (Å²) in [6.07, 6.45) is -0.338. The van der Waals surface area contributed by atoms with Gasteiger partial charge < -0.3 is 20.9 Å². The molecule has 0 saturated carbocycles. The molecule has 4 N–H and O–H groups in total. The Bertz CT molecular complexity index is 857. The van der Waals surface area contributed by atoms with Crippen molar-refractivity contribution in [1.29, 1.82) is 0 Å². The number of benzene rings is 2. The summed E-state index contributed by atoms with van der Waals surface area (Å²) < 4.78 is 18.8. The average Bonchev–Trinajstić information content (AvgIpc) is 2.61. The van der Waals surface area contributed by atoms with Gasteiger partial charge in [-0.15, -0.1) is 0 Å². The van der Waals surface area contributed by atoms with Crippen LogP contribution in [-0.4, -0.2) is 23.7 Å². The lowest BCUT2D eigenvalue weighted by molar-refractivity contribution is 0.0698. The molecule has 6 nitrogen and oxygen atoms in total. The molecule has 134 valence electrons. The summed E-state index contributed by atoms with van der Waals surface area (Å²) in [7, 11) is 0. The number of nitrogen functional groups attached to an aromatic ring is 1. The van der Waals surface area contributed by atoms with Crippen LogP contribution in [0, 0.1) is 17.7 Å². The first kappa shape index (κ1) is 18.8. The second kappa shape index (κ2) is 9.08. The van der Waals surface area contributed by atoms with Crippen molar-refractivity contribution < 1.29 is 23.8 Å². The minimum Gasteiger partial charge on any atom is -0.478 e. The van der Waals surface area contributed by atoms with E-state index in [4.69, 9.17) is 15.6 Å². The summed E-state index contributed by atoms with van der Waals surface area (Å²) >= 11 is 0. The van der Waals surface area contributed by atoms with E-state index in [2.05, 4.69) is 17.2 Å². The van der Waals surface area contributed by atoms with Crippen molar-refractivity contribution in [1.82, 2.24) is 5.32 Å². The van der Waals surface area contributed by atoms with Crippen LogP contribution in [0.5, 0.6) is 0 Å². The number of carboxylic acids is 1. The maximum atomic E-state index is 13.7. The number of nitrogens with one attached hydrogen (secondary N) is 1. The van der Waals surface area contributed by atoms with Gasteiger partial charge in [0.25, 0.3) is 0 Å². The molecule has 7 heteroatoms. The number of carboxylic acid groups (broad SMARTS) is 1. The molecule has 0 fully saturated rings. The van der Waals surface area contributed by atoms with Gasteiger partial charge in [0.15, 0.2) is 0 Å². The summed E-state index contributed by atoms with van der Waals surface area (Å²) in [6.45, 7) is 0.371. The number of carbonyl (C=O) groups excluding carboxylic acids is 1. The number of rotatable bonds is 5. The van der Waals surface area contributed by atoms with Crippen LogP contribution in [-0.2, 0) is 11.3 Å². The number of amides is 1. The predicted molar refractivity (Wildman–Crippen MR) is 93.9 cm³/mol. The molecule has 2 rings (SSSR count). The highest BCUT2D eigenvalue weighted by Gasteiger charge is 2.11. The monoisotopic (exact) mass is 356 g/mol. The normalized spacial score (nSPS) is 9.73. The molecule has 2 aromatic rings. The van der Waals surface area contributed by atoms with Gasteiger partial charge in [0, 0.05) is 18.7 Å². The van der Waals surface area contributed by atoms with E-state index in [0.29, 0.717) is 0 Å². The zero-order chi connectivity index (χ0) is 18.9. The van der Waals surface area contributed by atoms with Gasteiger partial charge in [-0.2, -0.15) is 0 Å². The van der Waals surface area contributed by atoms with Crippen molar-refractivity contribution in [3.63, 3.8) is 0 Å². The van der Waals surface area contributed by atoms with E-state index in [1.165, 1.54) is 0 Å². The Morgan fingerprint density at radius 3 is 2.65 bits per heavy atom. The molecule has 0 aliphatic carbocycles. The van der Waals surface area contributed by atoms with Crippen molar-refractivity contribution in [2.45, 2.75) is 13.0 Å². The number of hydrogen-bond acceptors (Lipinski definition) is 4. The van der Waals surface area contributed by atoms with Crippen LogP contribution in [0.4, 0.5) is 14.9 Å². The average molecular weight is 356 g/mol. The standard InChI is InChI=1S/C19H17FN2O4/c20-16-11-17(21)15(18(23)24)10-14(16)8-4-5-9-22-19(25)26-12-13-6-2-1-3-7-13/h1-3,6-7,10-11H,5,9,12,21H2,(H,22,25)(H,23,24). The van der Waals surface area contributed by atoms with Gasteiger partial charge in [-0.25, -0.2) is 14.0 Å². The largest absolute Gasteiger partial charge is 0.478 e. The fraction of sp³-hybridized carbons (Fsp3) is 0.158. The van der Waals surface area contributed by atoms with Crippen molar-refractivity contribution in [2.24, 2.45) is 0 Å². The van der Waals surface area contributed by atoms with Crippen molar-refractivity contribution in [3.8, 4) is 11.8 Å². The quantitative estimate of drug-likeness (QED) is 0.434. The van der Waals surface area contributed by atoms with E-state index in [-0.39, 0.29) is 36.4 Å². The van der Waals surface area contributed by atoms with Crippen LogP contribution >= 0.6 is 0 Å². The van der Waals surface area contributed by atoms with E-state index in [1.54, 1.807) is 0 Å². The summed E-state index contributed by atoms with van der Waals surface area (Å²) in [5, 5.41) is 11.5. The van der Waals surface area contributed by atoms with E-state index in [1.807, 2.05) is 30.3 Å². The molecule has 0 unspecified atom stereocenters. The fourth-order valence-corrected chi connectivity index (χ4v) is 2.03. The van der Waals surface area contributed by atoms with Crippen LogP contribution in [0.1, 0.15) is 27.9 Å². The van der Waals surface area contributed by atoms with Gasteiger partial charge in [-0.3, -0.25) is 0 Å². The van der Waals surface area contributed by atoms with Gasteiger partial charge in [0.1, 0.15) is 12.4 Å². The molecule has 0 aliphatic rings. The highest BCUT2D eigenvalue weighted by molar-refractivity contribution is 5.94. The molecular formula is C19H17FN2O4. The lowest BCUT2D eigenvalue weighted by Crippen LogP contribution is -2.24. The zero-order valence-corrected chi connectivity index (χ0v) is 13.8. The number of aromatic carboxylic acids is 1. The summed E-state index contributed by atoms with van der Waals surface area (Å²) in [5.74, 6) is 3.24. The molecule has 2 aromatic carbocycles. The smallest absolute Gasteiger partial charge is 0.407 e. The van der Waals surface area contributed by atoms with Gasteiger partial charge >= 0.3 is 12.1 Å². The molecule has 1 amide bonds. The van der Waals surface area contributed by atoms with Crippen molar-refractivity contribution in [2.75, 3.05) is 12.3 Å². The lowest BCUT2D eigenvalue weighted by Gasteiger charge is -2.05. The fourth-order valence-electron chi connectivity index (χ4n) is 2.03. The maximum Gasteiger partial charge on any atom is 0.407 e. The SMILES string of the molecule is Nc1cc(F)c(C#CCCNC(=O)OCc2ccccc2)cc1C(=O)O. The van der Waals surface area contributed by atoms with E-state index in [9.17, 15) is 14.0 Å². The van der Waals surface area contributed by atoms with Gasteiger partial charge in [-0.1, -0.05) is 42.2 Å². The molecule has 0 aromatic heterocycles. The van der Waals surface area contributed by atoms with Crippen LogP contribution in [0.25, 0.3) is 0 Å². The minimum absolute atomic E-state index is 0.0664. The topological polar surface area (TPSA) is 102 Å². The Morgan fingerprint density at radius 1 is 1.23 bits per heavy atom. The predicted octanol–water partition coefficient (Wildman–Crippen LogP) is 2.77. The third-order valence-corrected chi connectivity index (χ3v) is 3.32. The lowest BCUT2D eigenvalue weighted by atomic mass is 10.1. The number of halogens is 1. The van der Waals surface area contributed by atoms with Gasteiger partial charge in [-0.05, 0) is 17.7 Å². The Kier molecular flexibility index (Phi) is 6.57. The summed E-state index contributed by atoms with van der Waals surface area (Å²) in [6, 6.07) is 11.2. The first-order chi connectivity index (χ1) is 12.5. The van der Waals surface area contributed by atoms with Crippen molar-refractivity contribution >= 4 is 17.7 Å². The van der Waals surface area contributed by atoms with Crippen LogP contribution in [0.3, 0.4) is 0 Å². The first-order valence-corrected chi connectivity index (χ1v) is 7.73. The van der Waals surface area contributed by atoms with E-state index in [0.717, 1.165) is 17.7 Å². The Balaban J connectivity index is 1.81. The van der Waals surface area contributed by atoms with Crippen LogP contribution in [0.2, 0.25) is 0 Å². The molecule has 0 radical (unpaired) electrons. The second-order valence-electron chi connectivity index (χ2n) is 5.26. The maximum absolute atomic E-state index is 13.7. The third-order valence-electron chi connectivity index (χ3n) is 3.32. The number of ether oxygens (including phenoxy) is 1. The van der Waals surface area contributed by atoms with Crippen LogP contribution < -0.4 is 11.1 Å². The summed E-state index contributed by atoms with van der Waals surface area (Å²) in [5.41, 5.74) is 5.87. The first-order valence-electron chi connectivity index (χ1n) is 7.73. The van der Waals surface area contributed by atoms with E-state index < -0.39 is 17.9 Å². The Morgan fingerprint density at radius 2 is 1.96 bits per heavy atom. The van der Waals surface area contributed by atoms with Gasteiger partial charge in [0.2, 0.25) is 0 Å². The molecule has 0 spiro atoms. The molecule has 26 heavy (non-hydrogen) atoms. The number of carbonyl (C=O) groups is 2. The minimum atomic E-state index is -1.26. The van der Waals surface area contributed by atoms with E-state index >= 15 is 0 Å². The second-order valence-corrected chi connectivity index (χ2v) is 5.26. The molecular weight excluding hydrogens is 339 g/mol. The Labute approximate surface area is 149 Å².